The van der Waals surface area contributed by atoms with Crippen molar-refractivity contribution in [1.82, 2.24) is 4.57 Å². The smallest absolute Gasteiger partial charge is 0.0568 e. The first-order chi connectivity index (χ1) is 14.2. The van der Waals surface area contributed by atoms with Crippen molar-refractivity contribution < 1.29 is 0 Å². The Kier molecular flexibility index (Phi) is 3.36. The van der Waals surface area contributed by atoms with Crippen LogP contribution in [0.5, 0.6) is 0 Å². The largest absolute Gasteiger partial charge is 0.343 e. The quantitative estimate of drug-likeness (QED) is 0.280. The Balaban J connectivity index is 1.58. The van der Waals surface area contributed by atoms with Crippen LogP contribution in [-0.2, 0) is 7.05 Å². The normalized spacial score (nSPS) is 11.8. The highest BCUT2D eigenvalue weighted by atomic mass is 14.9. The summed E-state index contributed by atoms with van der Waals surface area (Å²) < 4.78 is 2.32. The van der Waals surface area contributed by atoms with Gasteiger partial charge in [0.15, 0.2) is 0 Å². The van der Waals surface area contributed by atoms with Crippen LogP contribution >= 0.6 is 0 Å². The van der Waals surface area contributed by atoms with E-state index in [-0.39, 0.29) is 0 Å². The molecule has 138 valence electrons. The lowest BCUT2D eigenvalue weighted by Crippen LogP contribution is -1.88. The first kappa shape index (κ1) is 16.4. The minimum absolute atomic E-state index is 1.26. The van der Waals surface area contributed by atoms with Crippen LogP contribution in [0.25, 0.3) is 54.5 Å². The Bertz CT molecular complexity index is 1570. The first-order valence-electron chi connectivity index (χ1n) is 10.1. The topological polar surface area (TPSA) is 4.93 Å². The van der Waals surface area contributed by atoms with Crippen LogP contribution < -0.4 is 0 Å². The van der Waals surface area contributed by atoms with Crippen molar-refractivity contribution in [2.24, 2.45) is 7.05 Å². The summed E-state index contributed by atoms with van der Waals surface area (Å²) >= 11 is 0. The van der Waals surface area contributed by atoms with E-state index in [1.165, 1.54) is 60.0 Å². The highest BCUT2D eigenvalue weighted by molar-refractivity contribution is 6.18. The third-order valence-electron chi connectivity index (χ3n) is 6.21. The lowest BCUT2D eigenvalue weighted by molar-refractivity contribution is 1.02. The number of hydrogen-bond donors (Lipinski definition) is 0. The number of nitrogens with zero attached hydrogens (tertiary/aromatic N) is 1. The molecule has 0 atom stereocenters. The molecule has 1 heteroatoms. The fourth-order valence-corrected chi connectivity index (χ4v) is 4.73. The summed E-state index contributed by atoms with van der Waals surface area (Å²) in [6, 6.07) is 33.5. The number of fused-ring (bicyclic) bond motifs is 6. The monoisotopic (exact) mass is 371 g/mol. The SMILES string of the molecule is Cc1ccc2cc(-c3ccc4c(ccc5c6ccccc6n(C)c45)c3)ccc2c1. The van der Waals surface area contributed by atoms with Gasteiger partial charge in [-0.05, 0) is 52.4 Å². The van der Waals surface area contributed by atoms with Gasteiger partial charge in [0.2, 0.25) is 0 Å². The van der Waals surface area contributed by atoms with Crippen LogP contribution in [0.4, 0.5) is 0 Å². The number of hydrogen-bond acceptors (Lipinski definition) is 0. The van der Waals surface area contributed by atoms with Crippen molar-refractivity contribution in [3.8, 4) is 11.1 Å². The van der Waals surface area contributed by atoms with Crippen LogP contribution in [0, 0.1) is 6.92 Å². The molecule has 0 amide bonds. The van der Waals surface area contributed by atoms with Gasteiger partial charge in [-0.2, -0.15) is 0 Å². The van der Waals surface area contributed by atoms with Crippen LogP contribution in [0.1, 0.15) is 5.56 Å². The molecule has 0 bridgehead atoms. The molecule has 0 aliphatic carbocycles. The van der Waals surface area contributed by atoms with E-state index >= 15 is 0 Å². The van der Waals surface area contributed by atoms with Gasteiger partial charge >= 0.3 is 0 Å². The molecule has 1 nitrogen and oxygen atoms in total. The standard InChI is InChI=1S/C28H21N/c1-18-7-8-20-16-21(10-9-19(20)15-18)22-11-13-24-23(17-22)12-14-26-25-5-3-4-6-27(25)29(2)28(24)26/h3-17H,1-2H3. The lowest BCUT2D eigenvalue weighted by Gasteiger charge is -2.08. The summed E-state index contributed by atoms with van der Waals surface area (Å²) in [6.07, 6.45) is 0. The van der Waals surface area contributed by atoms with Gasteiger partial charge < -0.3 is 4.57 Å². The molecule has 0 unspecified atom stereocenters. The fraction of sp³-hybridized carbons (Fsp3) is 0.0714. The average Bonchev–Trinajstić information content (AvgIpc) is 3.06. The van der Waals surface area contributed by atoms with Crippen molar-refractivity contribution in [3.63, 3.8) is 0 Å². The molecule has 6 aromatic rings. The van der Waals surface area contributed by atoms with E-state index in [4.69, 9.17) is 0 Å². The Labute approximate surface area is 169 Å². The molecule has 1 heterocycles. The zero-order chi connectivity index (χ0) is 19.5. The third kappa shape index (κ3) is 2.41. The molecule has 0 aliphatic heterocycles. The number of aryl methyl sites for hydroxylation is 2. The van der Waals surface area contributed by atoms with E-state index in [1.807, 2.05) is 0 Å². The molecule has 0 aliphatic rings. The van der Waals surface area contributed by atoms with E-state index < -0.39 is 0 Å². The minimum atomic E-state index is 1.26. The third-order valence-corrected chi connectivity index (χ3v) is 6.21. The highest BCUT2D eigenvalue weighted by Gasteiger charge is 2.11. The Morgan fingerprint density at radius 3 is 2.10 bits per heavy atom. The predicted octanol–water partition coefficient (Wildman–Crippen LogP) is 7.61. The molecule has 1 aromatic heterocycles. The molecule has 0 saturated heterocycles. The van der Waals surface area contributed by atoms with Gasteiger partial charge in [0, 0.05) is 28.7 Å². The number of benzene rings is 5. The van der Waals surface area contributed by atoms with Crippen molar-refractivity contribution in [3.05, 3.63) is 96.6 Å². The van der Waals surface area contributed by atoms with Crippen molar-refractivity contribution in [2.45, 2.75) is 6.92 Å². The molecule has 0 N–H and O–H groups in total. The van der Waals surface area contributed by atoms with Crippen molar-refractivity contribution >= 4 is 43.4 Å². The van der Waals surface area contributed by atoms with E-state index in [1.54, 1.807) is 0 Å². The highest BCUT2D eigenvalue weighted by Crippen LogP contribution is 2.35. The summed E-state index contributed by atoms with van der Waals surface area (Å²) in [6.45, 7) is 2.14. The maximum absolute atomic E-state index is 2.32. The molecular weight excluding hydrogens is 350 g/mol. The average molecular weight is 371 g/mol. The van der Waals surface area contributed by atoms with E-state index in [0.717, 1.165) is 0 Å². The predicted molar refractivity (Wildman–Crippen MR) is 126 cm³/mol. The van der Waals surface area contributed by atoms with Gasteiger partial charge in [-0.25, -0.2) is 0 Å². The van der Waals surface area contributed by atoms with Crippen LogP contribution in [-0.4, -0.2) is 4.57 Å². The number of para-hydroxylation sites is 1. The Morgan fingerprint density at radius 1 is 0.552 bits per heavy atom. The van der Waals surface area contributed by atoms with Crippen molar-refractivity contribution in [1.29, 1.82) is 0 Å². The summed E-state index contributed by atoms with van der Waals surface area (Å²) in [5, 5.41) is 7.82. The second-order valence-electron chi connectivity index (χ2n) is 8.04. The molecule has 0 fully saturated rings. The second-order valence-corrected chi connectivity index (χ2v) is 8.04. The van der Waals surface area contributed by atoms with E-state index in [2.05, 4.69) is 110 Å². The van der Waals surface area contributed by atoms with Gasteiger partial charge in [0.25, 0.3) is 0 Å². The summed E-state index contributed by atoms with van der Waals surface area (Å²) in [7, 11) is 2.17. The van der Waals surface area contributed by atoms with Crippen molar-refractivity contribution in [2.75, 3.05) is 0 Å². The zero-order valence-corrected chi connectivity index (χ0v) is 16.6. The summed E-state index contributed by atoms with van der Waals surface area (Å²) in [5.74, 6) is 0. The van der Waals surface area contributed by atoms with E-state index in [9.17, 15) is 0 Å². The maximum Gasteiger partial charge on any atom is 0.0568 e. The van der Waals surface area contributed by atoms with Crippen LogP contribution in [0.15, 0.2) is 91.0 Å². The Morgan fingerprint density at radius 2 is 1.21 bits per heavy atom. The van der Waals surface area contributed by atoms with Gasteiger partial charge in [-0.3, -0.25) is 0 Å². The molecule has 5 aromatic carbocycles. The second kappa shape index (κ2) is 5.96. The van der Waals surface area contributed by atoms with Crippen LogP contribution in [0.3, 0.4) is 0 Å². The molecule has 0 spiro atoms. The summed E-state index contributed by atoms with van der Waals surface area (Å²) in [4.78, 5) is 0. The first-order valence-corrected chi connectivity index (χ1v) is 10.1. The van der Waals surface area contributed by atoms with E-state index in [0.29, 0.717) is 0 Å². The molecule has 29 heavy (non-hydrogen) atoms. The van der Waals surface area contributed by atoms with Gasteiger partial charge in [0.1, 0.15) is 0 Å². The molecular formula is C28H21N. The Hall–Kier alpha value is -3.58. The van der Waals surface area contributed by atoms with Gasteiger partial charge in [-0.15, -0.1) is 0 Å². The minimum Gasteiger partial charge on any atom is -0.343 e. The van der Waals surface area contributed by atoms with Gasteiger partial charge in [-0.1, -0.05) is 78.4 Å². The summed E-state index contributed by atoms with van der Waals surface area (Å²) in [5.41, 5.74) is 6.42. The molecule has 0 radical (unpaired) electrons. The number of rotatable bonds is 1. The van der Waals surface area contributed by atoms with Crippen LogP contribution in [0.2, 0.25) is 0 Å². The molecule has 0 saturated carbocycles. The zero-order valence-electron chi connectivity index (χ0n) is 16.6. The fourth-order valence-electron chi connectivity index (χ4n) is 4.73. The van der Waals surface area contributed by atoms with Gasteiger partial charge in [0.05, 0.1) is 5.52 Å². The maximum atomic E-state index is 2.32. The molecule has 6 rings (SSSR count). The number of aromatic nitrogens is 1. The lowest BCUT2D eigenvalue weighted by atomic mass is 9.97.